The van der Waals surface area contributed by atoms with Gasteiger partial charge < -0.3 is 10.1 Å². The minimum Gasteiger partial charge on any atom is -0.495 e. The molecule has 0 fully saturated rings. The van der Waals surface area contributed by atoms with E-state index in [1.165, 1.54) is 53.2 Å². The number of carbonyl (C=O) groups excluding carboxylic acids is 1. The van der Waals surface area contributed by atoms with Gasteiger partial charge in [-0.25, -0.2) is 12.8 Å². The smallest absolute Gasteiger partial charge is 0.270 e. The quantitative estimate of drug-likeness (QED) is 0.591. The van der Waals surface area contributed by atoms with Crippen LogP contribution in [-0.4, -0.2) is 21.3 Å². The number of para-hydroxylation sites is 2. The second-order valence-electron chi connectivity index (χ2n) is 6.46. The summed E-state index contributed by atoms with van der Waals surface area (Å²) in [5, 5.41) is 4.55. The summed E-state index contributed by atoms with van der Waals surface area (Å²) in [6, 6.07) is 14.1. The van der Waals surface area contributed by atoms with Crippen molar-refractivity contribution in [2.75, 3.05) is 16.7 Å². The molecule has 0 saturated heterocycles. The van der Waals surface area contributed by atoms with E-state index in [0.29, 0.717) is 27.6 Å². The number of carbonyl (C=O) groups is 1. The number of benzene rings is 2. The lowest BCUT2D eigenvalue weighted by Crippen LogP contribution is -2.38. The van der Waals surface area contributed by atoms with E-state index >= 15 is 0 Å². The van der Waals surface area contributed by atoms with Crippen molar-refractivity contribution in [2.45, 2.75) is 6.54 Å². The van der Waals surface area contributed by atoms with Crippen LogP contribution in [0.2, 0.25) is 0 Å². The molecule has 6 nitrogen and oxygen atoms in total. The molecule has 0 unspecified atom stereocenters. The summed E-state index contributed by atoms with van der Waals surface area (Å²) in [5.41, 5.74) is 1.45. The molecule has 4 rings (SSSR count). The van der Waals surface area contributed by atoms with Crippen LogP contribution < -0.4 is 14.4 Å². The number of Topliss-reactive ketones (excluding diaryl/α,β-unsaturated/α-hetero) is 1. The maximum atomic E-state index is 13.3. The first-order valence-electron chi connectivity index (χ1n) is 8.91. The molecule has 2 aromatic carbocycles. The molecule has 0 spiro atoms. The number of ether oxygens (including phenoxy) is 1. The normalized spacial score (nSPS) is 16.4. The van der Waals surface area contributed by atoms with E-state index in [4.69, 9.17) is 4.74 Å². The van der Waals surface area contributed by atoms with Crippen molar-refractivity contribution < 1.29 is 22.3 Å². The molecular weight excluding hydrogens is 427 g/mol. The molecule has 0 atom stereocenters. The first-order chi connectivity index (χ1) is 14.4. The van der Waals surface area contributed by atoms with Gasteiger partial charge in [-0.2, -0.15) is 0 Å². The highest BCUT2D eigenvalue weighted by atomic mass is 32.2. The lowest BCUT2D eigenvalue weighted by molar-refractivity contribution is 0.104. The van der Waals surface area contributed by atoms with Gasteiger partial charge >= 0.3 is 0 Å². The Balaban J connectivity index is 1.75. The molecule has 0 saturated carbocycles. The summed E-state index contributed by atoms with van der Waals surface area (Å²) in [7, 11) is -2.64. The first kappa shape index (κ1) is 20.1. The molecule has 1 aliphatic heterocycles. The first-order valence-corrected chi connectivity index (χ1v) is 11.2. The highest BCUT2D eigenvalue weighted by molar-refractivity contribution is 7.97. The molecule has 9 heteroatoms. The predicted octanol–water partition coefficient (Wildman–Crippen LogP) is 4.38. The van der Waals surface area contributed by atoms with Crippen molar-refractivity contribution in [3.8, 4) is 5.75 Å². The Morgan fingerprint density at radius 1 is 1.13 bits per heavy atom. The van der Waals surface area contributed by atoms with Crippen LogP contribution in [0.25, 0.3) is 0 Å². The zero-order valence-electron chi connectivity index (χ0n) is 15.8. The van der Waals surface area contributed by atoms with E-state index in [2.05, 4.69) is 5.32 Å². The number of rotatable bonds is 5. The number of nitrogens with one attached hydrogen (secondary N) is 1. The van der Waals surface area contributed by atoms with Gasteiger partial charge in [-0.3, -0.25) is 9.10 Å². The summed E-state index contributed by atoms with van der Waals surface area (Å²) < 4.78 is 46.3. The van der Waals surface area contributed by atoms with Gasteiger partial charge in [0, 0.05) is 6.20 Å². The fourth-order valence-corrected chi connectivity index (χ4v) is 5.60. The van der Waals surface area contributed by atoms with Crippen LogP contribution in [0.5, 0.6) is 5.75 Å². The van der Waals surface area contributed by atoms with Crippen LogP contribution >= 0.6 is 11.3 Å². The number of nitrogens with zero attached hydrogens (tertiary/aromatic N) is 1. The van der Waals surface area contributed by atoms with Crippen LogP contribution in [0.15, 0.2) is 71.1 Å². The topological polar surface area (TPSA) is 75.7 Å². The Morgan fingerprint density at radius 3 is 2.60 bits per heavy atom. The molecule has 154 valence electrons. The summed E-state index contributed by atoms with van der Waals surface area (Å²) in [6.07, 6.45) is 1.19. The maximum Gasteiger partial charge on any atom is 0.270 e. The van der Waals surface area contributed by atoms with Crippen LogP contribution in [0, 0.1) is 5.82 Å². The Bertz CT molecular complexity index is 1230. The Morgan fingerprint density at radius 2 is 1.87 bits per heavy atom. The number of anilines is 2. The third-order valence-electron chi connectivity index (χ3n) is 4.62. The largest absolute Gasteiger partial charge is 0.495 e. The maximum absolute atomic E-state index is 13.3. The van der Waals surface area contributed by atoms with Gasteiger partial charge in [0.2, 0.25) is 5.78 Å². The Hall–Kier alpha value is -3.17. The average molecular weight is 445 g/mol. The third-order valence-corrected chi connectivity index (χ3v) is 7.28. The van der Waals surface area contributed by atoms with E-state index in [1.807, 2.05) is 0 Å². The number of thiophene rings is 1. The zero-order valence-corrected chi connectivity index (χ0v) is 17.5. The van der Waals surface area contributed by atoms with Crippen LogP contribution in [0.4, 0.5) is 15.8 Å². The van der Waals surface area contributed by atoms with Crippen molar-refractivity contribution in [1.29, 1.82) is 0 Å². The number of fused-ring (bicyclic) bond motifs is 1. The van der Waals surface area contributed by atoms with Crippen molar-refractivity contribution in [2.24, 2.45) is 0 Å². The summed E-state index contributed by atoms with van der Waals surface area (Å²) in [6.45, 7) is -0.0222. The second-order valence-corrected chi connectivity index (χ2v) is 9.20. The van der Waals surface area contributed by atoms with E-state index in [0.717, 1.165) is 0 Å². The van der Waals surface area contributed by atoms with Gasteiger partial charge in [-0.05, 0) is 41.3 Å². The molecule has 1 aromatic heterocycles. The van der Waals surface area contributed by atoms with Gasteiger partial charge in [0.15, 0.2) is 4.91 Å². The van der Waals surface area contributed by atoms with Gasteiger partial charge in [-0.15, -0.1) is 11.3 Å². The van der Waals surface area contributed by atoms with Crippen molar-refractivity contribution in [1.82, 2.24) is 0 Å². The number of sulfonamides is 1. The summed E-state index contributed by atoms with van der Waals surface area (Å²) in [5.74, 6) is -0.471. The number of ketones is 1. The molecule has 1 N–H and O–H groups in total. The van der Waals surface area contributed by atoms with Crippen LogP contribution in [0.1, 0.15) is 15.2 Å². The molecule has 30 heavy (non-hydrogen) atoms. The number of hydrogen-bond donors (Lipinski definition) is 1. The number of methoxy groups -OCH3 is 1. The minimum absolute atomic E-state index is 0.0222. The number of halogens is 1. The van der Waals surface area contributed by atoms with Gasteiger partial charge in [0.25, 0.3) is 10.0 Å². The number of hydrogen-bond acceptors (Lipinski definition) is 6. The third kappa shape index (κ3) is 3.57. The monoisotopic (exact) mass is 444 g/mol. The van der Waals surface area contributed by atoms with E-state index in [-0.39, 0.29) is 11.4 Å². The Kier molecular flexibility index (Phi) is 5.31. The van der Waals surface area contributed by atoms with Gasteiger partial charge in [0.05, 0.1) is 25.0 Å². The fourth-order valence-electron chi connectivity index (χ4n) is 3.12. The van der Waals surface area contributed by atoms with Crippen LogP contribution in [0.3, 0.4) is 0 Å². The summed E-state index contributed by atoms with van der Waals surface area (Å²) in [4.78, 5) is 12.9. The van der Waals surface area contributed by atoms with E-state index in [9.17, 15) is 17.6 Å². The molecule has 3 aromatic rings. The SMILES string of the molecule is COc1ccccc1N/C=C1/C(=O)c2sccc2N(Cc2ccc(F)cc2)S1(=O)=O. The van der Waals surface area contributed by atoms with Gasteiger partial charge in [0.1, 0.15) is 16.4 Å². The van der Waals surface area contributed by atoms with Gasteiger partial charge in [-0.1, -0.05) is 24.3 Å². The standard InChI is InChI=1S/C21H17FN2O4S2/c1-28-18-5-3-2-4-16(18)23-12-19-20(25)21-17(10-11-29-21)24(30(19,26)27)13-14-6-8-15(22)9-7-14/h2-12,23H,13H2,1H3/b19-12-. The second kappa shape index (κ2) is 7.92. The molecular formula is C21H17FN2O4S2. The number of allylic oxidation sites excluding steroid dienone is 1. The lowest BCUT2D eigenvalue weighted by atomic mass is 10.2. The highest BCUT2D eigenvalue weighted by Gasteiger charge is 2.41. The average Bonchev–Trinajstić information content (AvgIpc) is 3.22. The van der Waals surface area contributed by atoms with Crippen molar-refractivity contribution >= 4 is 38.5 Å². The van der Waals surface area contributed by atoms with Crippen molar-refractivity contribution in [3.05, 3.63) is 87.3 Å². The van der Waals surface area contributed by atoms with E-state index < -0.39 is 21.6 Å². The minimum atomic E-state index is -4.14. The molecule has 0 amide bonds. The fraction of sp³-hybridized carbons (Fsp3) is 0.0952. The van der Waals surface area contributed by atoms with E-state index in [1.54, 1.807) is 35.7 Å². The lowest BCUT2D eigenvalue weighted by Gasteiger charge is -2.29. The molecule has 2 heterocycles. The highest BCUT2D eigenvalue weighted by Crippen LogP contribution is 2.39. The van der Waals surface area contributed by atoms with Crippen molar-refractivity contribution in [3.63, 3.8) is 0 Å². The summed E-state index contributed by atoms with van der Waals surface area (Å²) >= 11 is 1.18. The molecule has 1 aliphatic rings. The predicted molar refractivity (Wildman–Crippen MR) is 115 cm³/mol. The molecule has 0 bridgehead atoms. The molecule has 0 radical (unpaired) electrons. The van der Waals surface area contributed by atoms with Crippen LogP contribution in [-0.2, 0) is 16.6 Å². The molecule has 0 aliphatic carbocycles. The zero-order chi connectivity index (χ0) is 21.3. The Labute approximate surface area is 177 Å².